The summed E-state index contributed by atoms with van der Waals surface area (Å²) in [4.78, 5) is 4.31. The molecule has 18 heavy (non-hydrogen) atoms. The van der Waals surface area contributed by atoms with Crippen molar-refractivity contribution in [2.45, 2.75) is 44.2 Å². The van der Waals surface area contributed by atoms with E-state index in [1.54, 1.807) is 19.2 Å². The molecule has 0 bridgehead atoms. The number of nitrogens with zero attached hydrogens (tertiary/aromatic N) is 1. The van der Waals surface area contributed by atoms with E-state index in [0.29, 0.717) is 17.6 Å². The van der Waals surface area contributed by atoms with Crippen molar-refractivity contribution in [3.8, 4) is 5.88 Å². The van der Waals surface area contributed by atoms with Crippen molar-refractivity contribution in [3.63, 3.8) is 0 Å². The fraction of sp³-hybridized carbons (Fsp3) is 0.615. The molecule has 5 nitrogen and oxygen atoms in total. The van der Waals surface area contributed by atoms with Gasteiger partial charge in [0.05, 0.1) is 12.7 Å². The van der Waals surface area contributed by atoms with Crippen LogP contribution in [0.3, 0.4) is 0 Å². The monoisotopic (exact) mass is 251 g/mol. The molecule has 0 atom stereocenters. The summed E-state index contributed by atoms with van der Waals surface area (Å²) in [5.74, 6) is 1.25. The van der Waals surface area contributed by atoms with E-state index in [1.165, 1.54) is 0 Å². The van der Waals surface area contributed by atoms with Gasteiger partial charge in [-0.25, -0.2) is 0 Å². The van der Waals surface area contributed by atoms with E-state index in [9.17, 15) is 5.11 Å². The molecular weight excluding hydrogens is 230 g/mol. The minimum atomic E-state index is -0.515. The molecule has 0 amide bonds. The Bertz CT molecular complexity index is 411. The summed E-state index contributed by atoms with van der Waals surface area (Å²) in [7, 11) is 1.57. The lowest BCUT2D eigenvalue weighted by atomic mass is 9.84. The SMILES string of the molecule is COc1cc(N)cc(NC2CCC(C)(O)CC2)n1. The average molecular weight is 251 g/mol. The molecule has 0 aromatic carbocycles. The molecule has 1 fully saturated rings. The molecule has 1 aromatic rings. The van der Waals surface area contributed by atoms with E-state index >= 15 is 0 Å². The molecule has 1 saturated carbocycles. The second-order valence-electron chi connectivity index (χ2n) is 5.24. The van der Waals surface area contributed by atoms with Crippen molar-refractivity contribution in [1.82, 2.24) is 4.98 Å². The molecule has 2 rings (SSSR count). The Morgan fingerprint density at radius 3 is 2.72 bits per heavy atom. The van der Waals surface area contributed by atoms with Crippen LogP contribution in [0.1, 0.15) is 32.6 Å². The Hall–Kier alpha value is -1.49. The van der Waals surface area contributed by atoms with Gasteiger partial charge < -0.3 is 20.9 Å². The van der Waals surface area contributed by atoms with Crippen LogP contribution >= 0.6 is 0 Å². The van der Waals surface area contributed by atoms with Crippen LogP contribution < -0.4 is 15.8 Å². The Kier molecular flexibility index (Phi) is 3.61. The van der Waals surface area contributed by atoms with Gasteiger partial charge in [0.1, 0.15) is 5.82 Å². The van der Waals surface area contributed by atoms with Crippen molar-refractivity contribution in [2.24, 2.45) is 0 Å². The molecule has 1 aliphatic carbocycles. The van der Waals surface area contributed by atoms with Crippen LogP contribution in [-0.4, -0.2) is 28.8 Å². The fourth-order valence-electron chi connectivity index (χ4n) is 2.30. The molecule has 0 radical (unpaired) electrons. The Balaban J connectivity index is 2.00. The molecule has 0 unspecified atom stereocenters. The molecule has 4 N–H and O–H groups in total. The molecule has 1 aromatic heterocycles. The van der Waals surface area contributed by atoms with E-state index in [2.05, 4.69) is 10.3 Å². The van der Waals surface area contributed by atoms with E-state index in [0.717, 1.165) is 31.5 Å². The lowest BCUT2D eigenvalue weighted by Gasteiger charge is -2.33. The van der Waals surface area contributed by atoms with Crippen LogP contribution in [0.25, 0.3) is 0 Å². The van der Waals surface area contributed by atoms with Crippen molar-refractivity contribution in [1.29, 1.82) is 0 Å². The van der Waals surface area contributed by atoms with Gasteiger partial charge in [-0.1, -0.05) is 0 Å². The van der Waals surface area contributed by atoms with Crippen LogP contribution in [0.4, 0.5) is 11.5 Å². The number of nitrogens with two attached hydrogens (primary N) is 1. The number of aliphatic hydroxyl groups is 1. The molecule has 1 aliphatic rings. The van der Waals surface area contributed by atoms with Gasteiger partial charge in [0.2, 0.25) is 5.88 Å². The van der Waals surface area contributed by atoms with Crippen molar-refractivity contribution < 1.29 is 9.84 Å². The van der Waals surface area contributed by atoms with Crippen molar-refractivity contribution in [2.75, 3.05) is 18.2 Å². The number of hydrogen-bond donors (Lipinski definition) is 3. The first kappa shape index (κ1) is 13.0. The molecule has 5 heteroatoms. The van der Waals surface area contributed by atoms with Gasteiger partial charge in [-0.2, -0.15) is 4.98 Å². The van der Waals surface area contributed by atoms with E-state index in [-0.39, 0.29) is 0 Å². The first-order valence-corrected chi connectivity index (χ1v) is 6.29. The van der Waals surface area contributed by atoms with Crippen molar-refractivity contribution in [3.05, 3.63) is 12.1 Å². The molecule has 0 aliphatic heterocycles. The highest BCUT2D eigenvalue weighted by molar-refractivity contribution is 5.52. The minimum absolute atomic E-state index is 0.337. The number of nitrogen functional groups attached to an aromatic ring is 1. The van der Waals surface area contributed by atoms with Gasteiger partial charge in [0.25, 0.3) is 0 Å². The number of aromatic nitrogens is 1. The smallest absolute Gasteiger partial charge is 0.216 e. The predicted octanol–water partition coefficient (Wildman–Crippen LogP) is 1.78. The first-order valence-electron chi connectivity index (χ1n) is 6.29. The lowest BCUT2D eigenvalue weighted by molar-refractivity contribution is 0.0196. The third-order valence-corrected chi connectivity index (χ3v) is 3.45. The Morgan fingerprint density at radius 2 is 2.11 bits per heavy atom. The van der Waals surface area contributed by atoms with Crippen LogP contribution in [0.15, 0.2) is 12.1 Å². The maximum atomic E-state index is 9.90. The molecule has 1 heterocycles. The largest absolute Gasteiger partial charge is 0.481 e. The number of pyridine rings is 1. The zero-order valence-electron chi connectivity index (χ0n) is 10.9. The van der Waals surface area contributed by atoms with Crippen LogP contribution in [0.2, 0.25) is 0 Å². The Labute approximate surface area is 107 Å². The number of hydrogen-bond acceptors (Lipinski definition) is 5. The highest BCUT2D eigenvalue weighted by Crippen LogP contribution is 2.29. The highest BCUT2D eigenvalue weighted by atomic mass is 16.5. The average Bonchev–Trinajstić information content (AvgIpc) is 2.31. The molecule has 100 valence electrons. The van der Waals surface area contributed by atoms with Gasteiger partial charge in [0.15, 0.2) is 0 Å². The Morgan fingerprint density at radius 1 is 1.44 bits per heavy atom. The maximum absolute atomic E-state index is 9.90. The van der Waals surface area contributed by atoms with Gasteiger partial charge >= 0.3 is 0 Å². The second kappa shape index (κ2) is 5.02. The van der Waals surface area contributed by atoms with Gasteiger partial charge in [-0.3, -0.25) is 0 Å². The maximum Gasteiger partial charge on any atom is 0.216 e. The van der Waals surface area contributed by atoms with Crippen LogP contribution in [-0.2, 0) is 0 Å². The molecule has 0 spiro atoms. The molecule has 0 saturated heterocycles. The quantitative estimate of drug-likeness (QED) is 0.763. The predicted molar refractivity (Wildman–Crippen MR) is 71.7 cm³/mol. The number of ether oxygens (including phenoxy) is 1. The standard InChI is InChI=1S/C13H21N3O2/c1-13(17)5-3-10(4-6-13)15-11-7-9(14)8-12(16-11)18-2/h7-8,10,17H,3-6H2,1-2H3,(H3,14,15,16). The summed E-state index contributed by atoms with van der Waals surface area (Å²) in [6.45, 7) is 1.89. The zero-order chi connectivity index (χ0) is 13.2. The lowest BCUT2D eigenvalue weighted by Crippen LogP contribution is -2.35. The van der Waals surface area contributed by atoms with Gasteiger partial charge in [0, 0.05) is 23.9 Å². The third-order valence-electron chi connectivity index (χ3n) is 3.45. The number of rotatable bonds is 3. The minimum Gasteiger partial charge on any atom is -0.481 e. The summed E-state index contributed by atoms with van der Waals surface area (Å²) in [5, 5.41) is 13.3. The fourth-order valence-corrected chi connectivity index (χ4v) is 2.30. The third kappa shape index (κ3) is 3.26. The highest BCUT2D eigenvalue weighted by Gasteiger charge is 2.28. The van der Waals surface area contributed by atoms with Crippen LogP contribution in [0.5, 0.6) is 5.88 Å². The molecular formula is C13H21N3O2. The topological polar surface area (TPSA) is 80.4 Å². The van der Waals surface area contributed by atoms with E-state index in [1.807, 2.05) is 6.92 Å². The summed E-state index contributed by atoms with van der Waals surface area (Å²) in [6.07, 6.45) is 3.49. The zero-order valence-corrected chi connectivity index (χ0v) is 10.9. The van der Waals surface area contributed by atoms with E-state index in [4.69, 9.17) is 10.5 Å². The summed E-state index contributed by atoms with van der Waals surface area (Å²) in [6, 6.07) is 3.83. The van der Waals surface area contributed by atoms with Gasteiger partial charge in [-0.15, -0.1) is 0 Å². The number of anilines is 2. The van der Waals surface area contributed by atoms with Gasteiger partial charge in [-0.05, 0) is 32.6 Å². The van der Waals surface area contributed by atoms with Crippen LogP contribution in [0, 0.1) is 0 Å². The number of methoxy groups -OCH3 is 1. The van der Waals surface area contributed by atoms with Crippen molar-refractivity contribution >= 4 is 11.5 Å². The summed E-state index contributed by atoms with van der Waals surface area (Å²) >= 11 is 0. The summed E-state index contributed by atoms with van der Waals surface area (Å²) < 4.78 is 5.09. The number of nitrogens with one attached hydrogen (secondary N) is 1. The van der Waals surface area contributed by atoms with E-state index < -0.39 is 5.60 Å². The summed E-state index contributed by atoms with van der Waals surface area (Å²) in [5.41, 5.74) is 5.90. The first-order chi connectivity index (χ1) is 8.48. The normalized spacial score (nSPS) is 27.8. The second-order valence-corrected chi connectivity index (χ2v) is 5.24.